The lowest BCUT2D eigenvalue weighted by Crippen LogP contribution is -2.37. The Morgan fingerprint density at radius 3 is 2.79 bits per heavy atom. The molecule has 1 fully saturated rings. The van der Waals surface area contributed by atoms with Gasteiger partial charge >= 0.3 is 6.09 Å². The van der Waals surface area contributed by atoms with Gasteiger partial charge in [-0.2, -0.15) is 11.8 Å². The Bertz CT molecular complexity index is 187. The first-order chi connectivity index (χ1) is 6.77. The van der Waals surface area contributed by atoms with Crippen LogP contribution < -0.4 is 5.32 Å². The van der Waals surface area contributed by atoms with E-state index in [-0.39, 0.29) is 6.09 Å². The first kappa shape index (κ1) is 11.7. The molecule has 82 valence electrons. The standard InChI is InChI=1S/C9H17NO3S/c1-12-7-3-4-8(7)14-6-5-10-9(11)13-2/h7-8H,3-6H2,1-2H3,(H,10,11)/t7?,8-/m1/s1. The molecule has 2 atom stereocenters. The van der Waals surface area contributed by atoms with E-state index in [1.54, 1.807) is 7.11 Å². The monoisotopic (exact) mass is 219 g/mol. The molecule has 0 spiro atoms. The van der Waals surface area contributed by atoms with Crippen LogP contribution in [0.2, 0.25) is 0 Å². The lowest BCUT2D eigenvalue weighted by Gasteiger charge is -2.34. The molecule has 1 N–H and O–H groups in total. The first-order valence-electron chi connectivity index (χ1n) is 4.74. The van der Waals surface area contributed by atoms with Crippen LogP contribution in [0.15, 0.2) is 0 Å². The van der Waals surface area contributed by atoms with Crippen LogP contribution in [-0.2, 0) is 9.47 Å². The Hall–Kier alpha value is -0.420. The maximum absolute atomic E-state index is 10.7. The molecule has 4 nitrogen and oxygen atoms in total. The fraction of sp³-hybridized carbons (Fsp3) is 0.889. The van der Waals surface area contributed by atoms with E-state index in [2.05, 4.69) is 10.1 Å². The molecule has 1 rings (SSSR count). The van der Waals surface area contributed by atoms with Gasteiger partial charge in [-0.15, -0.1) is 0 Å². The molecule has 1 saturated carbocycles. The number of ether oxygens (including phenoxy) is 2. The molecule has 0 radical (unpaired) electrons. The summed E-state index contributed by atoms with van der Waals surface area (Å²) >= 11 is 1.85. The van der Waals surface area contributed by atoms with Gasteiger partial charge in [-0.1, -0.05) is 0 Å². The number of alkyl carbamates (subject to hydrolysis) is 1. The zero-order valence-electron chi connectivity index (χ0n) is 8.62. The number of hydrogen-bond donors (Lipinski definition) is 1. The minimum absolute atomic E-state index is 0.359. The number of hydrogen-bond acceptors (Lipinski definition) is 4. The van der Waals surface area contributed by atoms with Crippen molar-refractivity contribution in [2.75, 3.05) is 26.5 Å². The van der Waals surface area contributed by atoms with E-state index >= 15 is 0 Å². The van der Waals surface area contributed by atoms with Crippen LogP contribution in [-0.4, -0.2) is 44.0 Å². The summed E-state index contributed by atoms with van der Waals surface area (Å²) in [5.74, 6) is 0.916. The molecule has 5 heteroatoms. The highest BCUT2D eigenvalue weighted by Gasteiger charge is 2.30. The van der Waals surface area contributed by atoms with Gasteiger partial charge in [0.05, 0.1) is 13.2 Å². The summed E-state index contributed by atoms with van der Waals surface area (Å²) < 4.78 is 9.72. The van der Waals surface area contributed by atoms with Gasteiger partial charge in [0.1, 0.15) is 0 Å². The van der Waals surface area contributed by atoms with Crippen LogP contribution in [0.25, 0.3) is 0 Å². The Kier molecular flexibility index (Phi) is 5.11. The van der Waals surface area contributed by atoms with Crippen LogP contribution in [0.5, 0.6) is 0 Å². The molecule has 1 unspecified atom stereocenters. The van der Waals surface area contributed by atoms with E-state index in [1.165, 1.54) is 20.0 Å². The smallest absolute Gasteiger partial charge is 0.406 e. The Morgan fingerprint density at radius 2 is 2.29 bits per heavy atom. The second kappa shape index (κ2) is 6.14. The Balaban J connectivity index is 1.96. The summed E-state index contributed by atoms with van der Waals surface area (Å²) in [6.07, 6.45) is 2.45. The predicted octanol–water partition coefficient (Wildman–Crippen LogP) is 1.25. The minimum atomic E-state index is -0.359. The molecule has 1 aliphatic carbocycles. The second-order valence-electron chi connectivity index (χ2n) is 3.18. The van der Waals surface area contributed by atoms with Gasteiger partial charge in [0.15, 0.2) is 0 Å². The van der Waals surface area contributed by atoms with Gasteiger partial charge in [-0.3, -0.25) is 0 Å². The summed E-state index contributed by atoms with van der Waals surface area (Å²) in [7, 11) is 3.12. The summed E-state index contributed by atoms with van der Waals surface area (Å²) in [4.78, 5) is 10.7. The van der Waals surface area contributed by atoms with Gasteiger partial charge in [-0.05, 0) is 12.8 Å². The molecule has 0 bridgehead atoms. The topological polar surface area (TPSA) is 47.6 Å². The zero-order chi connectivity index (χ0) is 10.4. The quantitative estimate of drug-likeness (QED) is 0.707. The summed E-state index contributed by atoms with van der Waals surface area (Å²) in [5.41, 5.74) is 0. The SMILES string of the molecule is COC(=O)NCCS[C@@H]1CCC1OC. The van der Waals surface area contributed by atoms with Crippen LogP contribution in [0, 0.1) is 0 Å². The number of nitrogens with one attached hydrogen (secondary N) is 1. The van der Waals surface area contributed by atoms with Crippen LogP contribution in [0.3, 0.4) is 0 Å². The molecular weight excluding hydrogens is 202 g/mol. The maximum Gasteiger partial charge on any atom is 0.406 e. The van der Waals surface area contributed by atoms with Crippen molar-refractivity contribution in [2.24, 2.45) is 0 Å². The molecule has 0 aliphatic heterocycles. The maximum atomic E-state index is 10.7. The normalized spacial score (nSPS) is 25.3. The molecule has 0 aromatic carbocycles. The van der Waals surface area contributed by atoms with Crippen molar-refractivity contribution in [1.29, 1.82) is 0 Å². The van der Waals surface area contributed by atoms with Crippen molar-refractivity contribution in [3.63, 3.8) is 0 Å². The third-order valence-corrected chi connectivity index (χ3v) is 3.75. The van der Waals surface area contributed by atoms with Crippen molar-refractivity contribution < 1.29 is 14.3 Å². The van der Waals surface area contributed by atoms with E-state index < -0.39 is 0 Å². The van der Waals surface area contributed by atoms with E-state index in [9.17, 15) is 4.79 Å². The largest absolute Gasteiger partial charge is 0.453 e. The average Bonchev–Trinajstić information content (AvgIpc) is 2.16. The molecule has 1 amide bonds. The highest BCUT2D eigenvalue weighted by atomic mass is 32.2. The number of amides is 1. The zero-order valence-corrected chi connectivity index (χ0v) is 9.43. The van der Waals surface area contributed by atoms with E-state index in [0.29, 0.717) is 17.9 Å². The lowest BCUT2D eigenvalue weighted by atomic mass is 9.95. The summed E-state index contributed by atoms with van der Waals surface area (Å²) in [6, 6.07) is 0. The number of carbonyl (C=O) groups excluding carboxylic acids is 1. The number of rotatable bonds is 5. The molecule has 0 saturated heterocycles. The van der Waals surface area contributed by atoms with E-state index in [1.807, 2.05) is 11.8 Å². The first-order valence-corrected chi connectivity index (χ1v) is 5.79. The summed E-state index contributed by atoms with van der Waals surface area (Å²) in [5, 5.41) is 3.26. The second-order valence-corrected chi connectivity index (χ2v) is 4.53. The molecule has 1 aliphatic rings. The van der Waals surface area contributed by atoms with Crippen LogP contribution in [0.4, 0.5) is 4.79 Å². The fourth-order valence-corrected chi connectivity index (χ4v) is 2.62. The fourth-order valence-electron chi connectivity index (χ4n) is 1.33. The number of methoxy groups -OCH3 is 2. The van der Waals surface area contributed by atoms with Crippen molar-refractivity contribution >= 4 is 17.9 Å². The highest BCUT2D eigenvalue weighted by molar-refractivity contribution is 8.00. The van der Waals surface area contributed by atoms with Gasteiger partial charge in [0.25, 0.3) is 0 Å². The van der Waals surface area contributed by atoms with Gasteiger partial charge in [0, 0.05) is 24.7 Å². The summed E-state index contributed by atoms with van der Waals surface area (Å²) in [6.45, 7) is 0.657. The van der Waals surface area contributed by atoms with Crippen LogP contribution in [0.1, 0.15) is 12.8 Å². The number of carbonyl (C=O) groups is 1. The van der Waals surface area contributed by atoms with Gasteiger partial charge in [-0.25, -0.2) is 4.79 Å². The van der Waals surface area contributed by atoms with Gasteiger partial charge < -0.3 is 14.8 Å². The van der Waals surface area contributed by atoms with E-state index in [4.69, 9.17) is 4.74 Å². The molecule has 0 aromatic rings. The van der Waals surface area contributed by atoms with Gasteiger partial charge in [0.2, 0.25) is 0 Å². The van der Waals surface area contributed by atoms with E-state index in [0.717, 1.165) is 5.75 Å². The molecule has 0 heterocycles. The average molecular weight is 219 g/mol. The third-order valence-electron chi connectivity index (χ3n) is 2.34. The van der Waals surface area contributed by atoms with Crippen molar-refractivity contribution in [2.45, 2.75) is 24.2 Å². The van der Waals surface area contributed by atoms with Crippen molar-refractivity contribution in [1.82, 2.24) is 5.32 Å². The molecule has 0 aromatic heterocycles. The third kappa shape index (κ3) is 3.38. The number of thioether (sulfide) groups is 1. The lowest BCUT2D eigenvalue weighted by molar-refractivity contribution is 0.0481. The molecular formula is C9H17NO3S. The Labute approximate surface area is 88.7 Å². The Morgan fingerprint density at radius 1 is 1.50 bits per heavy atom. The minimum Gasteiger partial charge on any atom is -0.453 e. The van der Waals surface area contributed by atoms with Crippen LogP contribution >= 0.6 is 11.8 Å². The predicted molar refractivity (Wildman–Crippen MR) is 56.7 cm³/mol. The highest BCUT2D eigenvalue weighted by Crippen LogP contribution is 2.33. The van der Waals surface area contributed by atoms with Crippen molar-refractivity contribution in [3.8, 4) is 0 Å². The molecule has 14 heavy (non-hydrogen) atoms. The van der Waals surface area contributed by atoms with Crippen molar-refractivity contribution in [3.05, 3.63) is 0 Å².